The van der Waals surface area contributed by atoms with Crippen LogP contribution in [0.3, 0.4) is 0 Å². The molecule has 0 radical (unpaired) electrons. The van der Waals surface area contributed by atoms with Gasteiger partial charge in [0.2, 0.25) is 0 Å². The number of benzene rings is 1. The van der Waals surface area contributed by atoms with Gasteiger partial charge in [0.1, 0.15) is 17.4 Å². The van der Waals surface area contributed by atoms with Gasteiger partial charge in [0, 0.05) is 6.92 Å². The Morgan fingerprint density at radius 3 is 2.33 bits per heavy atom. The van der Waals surface area contributed by atoms with Gasteiger partial charge in [-0.1, -0.05) is 19.9 Å². The Bertz CT molecular complexity index is 639. The number of hydrogen-bond donors (Lipinski definition) is 0. The average Bonchev–Trinajstić information content (AvgIpc) is 2.79. The second kappa shape index (κ2) is 6.39. The first-order valence-corrected chi connectivity index (χ1v) is 7.90. The van der Waals surface area contributed by atoms with E-state index in [9.17, 15) is 4.79 Å². The summed E-state index contributed by atoms with van der Waals surface area (Å²) < 4.78 is 5.82. The fourth-order valence-electron chi connectivity index (χ4n) is 2.24. The van der Waals surface area contributed by atoms with Crippen LogP contribution < -0.4 is 4.74 Å². The Balaban J connectivity index is 2.16. The molecule has 2 aromatic rings. The maximum absolute atomic E-state index is 11.7. The summed E-state index contributed by atoms with van der Waals surface area (Å²) in [7, 11) is 0. The van der Waals surface area contributed by atoms with Crippen molar-refractivity contribution in [2.75, 3.05) is 0 Å². The van der Waals surface area contributed by atoms with Crippen molar-refractivity contribution >= 4 is 17.1 Å². The fraction of sp³-hybridized carbons (Fsp3) is 0.412. The smallest absolute Gasteiger partial charge is 0.171 e. The summed E-state index contributed by atoms with van der Waals surface area (Å²) in [5.41, 5.74) is 3.24. The van der Waals surface area contributed by atoms with Gasteiger partial charge in [-0.2, -0.15) is 0 Å². The minimum Gasteiger partial charge on any atom is -0.486 e. The molecule has 0 N–H and O–H groups in total. The second-order valence-electron chi connectivity index (χ2n) is 5.64. The number of nitrogens with zero attached hydrogens (tertiary/aromatic N) is 1. The maximum atomic E-state index is 11.7. The SMILES string of the molecule is CC(=O)c1sc(COc2cc(C)cc(C)c2)nc1C(C)C. The van der Waals surface area contributed by atoms with Gasteiger partial charge in [-0.25, -0.2) is 4.98 Å². The molecule has 0 unspecified atom stereocenters. The first kappa shape index (κ1) is 15.7. The van der Waals surface area contributed by atoms with Crippen LogP contribution >= 0.6 is 11.3 Å². The predicted molar refractivity (Wildman–Crippen MR) is 86.5 cm³/mol. The van der Waals surface area contributed by atoms with E-state index in [1.807, 2.05) is 26.0 Å². The summed E-state index contributed by atoms with van der Waals surface area (Å²) in [5, 5.41) is 0.850. The van der Waals surface area contributed by atoms with Crippen LogP contribution in [0.5, 0.6) is 5.75 Å². The molecule has 1 heterocycles. The molecule has 21 heavy (non-hydrogen) atoms. The Kier molecular flexibility index (Phi) is 4.78. The van der Waals surface area contributed by atoms with Crippen LogP contribution in [-0.4, -0.2) is 10.8 Å². The Labute approximate surface area is 130 Å². The lowest BCUT2D eigenvalue weighted by Crippen LogP contribution is -1.99. The normalized spacial score (nSPS) is 11.0. The van der Waals surface area contributed by atoms with Crippen molar-refractivity contribution in [1.29, 1.82) is 0 Å². The molecule has 1 aromatic heterocycles. The largest absolute Gasteiger partial charge is 0.486 e. The minimum absolute atomic E-state index is 0.0776. The lowest BCUT2D eigenvalue weighted by molar-refractivity contribution is 0.102. The van der Waals surface area contributed by atoms with Gasteiger partial charge in [0.15, 0.2) is 5.78 Å². The highest BCUT2D eigenvalue weighted by atomic mass is 32.1. The Morgan fingerprint density at radius 2 is 1.86 bits per heavy atom. The molecule has 0 saturated carbocycles. The van der Waals surface area contributed by atoms with Gasteiger partial charge in [-0.05, 0) is 43.0 Å². The number of Topliss-reactive ketones (excluding diaryl/α,β-unsaturated/α-hetero) is 1. The van der Waals surface area contributed by atoms with Crippen molar-refractivity contribution < 1.29 is 9.53 Å². The molecule has 112 valence electrons. The van der Waals surface area contributed by atoms with Crippen LogP contribution in [-0.2, 0) is 6.61 Å². The topological polar surface area (TPSA) is 39.2 Å². The molecule has 3 nitrogen and oxygen atoms in total. The average molecular weight is 303 g/mol. The Hall–Kier alpha value is -1.68. The summed E-state index contributed by atoms with van der Waals surface area (Å²) >= 11 is 1.44. The first-order valence-electron chi connectivity index (χ1n) is 7.08. The van der Waals surface area contributed by atoms with E-state index in [4.69, 9.17) is 4.74 Å². The van der Waals surface area contributed by atoms with Gasteiger partial charge in [-0.3, -0.25) is 4.79 Å². The number of hydrogen-bond acceptors (Lipinski definition) is 4. The summed E-state index contributed by atoms with van der Waals surface area (Å²) in [6, 6.07) is 6.13. The molecule has 1 aromatic carbocycles. The van der Waals surface area contributed by atoms with E-state index in [1.165, 1.54) is 22.5 Å². The van der Waals surface area contributed by atoms with E-state index in [2.05, 4.69) is 24.9 Å². The lowest BCUT2D eigenvalue weighted by atomic mass is 10.1. The van der Waals surface area contributed by atoms with Gasteiger partial charge in [0.25, 0.3) is 0 Å². The van der Waals surface area contributed by atoms with E-state index >= 15 is 0 Å². The first-order chi connectivity index (χ1) is 9.86. The van der Waals surface area contributed by atoms with Crippen molar-refractivity contribution in [2.45, 2.75) is 47.1 Å². The van der Waals surface area contributed by atoms with Crippen molar-refractivity contribution in [3.05, 3.63) is 44.9 Å². The number of ether oxygens (including phenoxy) is 1. The van der Waals surface area contributed by atoms with Crippen LogP contribution in [0, 0.1) is 13.8 Å². The highest BCUT2D eigenvalue weighted by Gasteiger charge is 2.17. The third-order valence-electron chi connectivity index (χ3n) is 3.12. The molecule has 0 spiro atoms. The number of ketones is 1. The molecule has 0 atom stereocenters. The number of thiazole rings is 1. The number of aryl methyl sites for hydroxylation is 2. The van der Waals surface area contributed by atoms with Crippen LogP contribution in [0.15, 0.2) is 18.2 Å². The van der Waals surface area contributed by atoms with Gasteiger partial charge >= 0.3 is 0 Å². The molecule has 0 aliphatic rings. The molecule has 0 aliphatic carbocycles. The number of aromatic nitrogens is 1. The maximum Gasteiger partial charge on any atom is 0.171 e. The summed E-state index contributed by atoms with van der Waals surface area (Å²) in [6.07, 6.45) is 0. The highest BCUT2D eigenvalue weighted by molar-refractivity contribution is 7.13. The molecule has 0 saturated heterocycles. The van der Waals surface area contributed by atoms with Crippen LogP contribution in [0.2, 0.25) is 0 Å². The van der Waals surface area contributed by atoms with Gasteiger partial charge in [-0.15, -0.1) is 11.3 Å². The van der Waals surface area contributed by atoms with E-state index in [1.54, 1.807) is 6.92 Å². The zero-order valence-corrected chi connectivity index (χ0v) is 14.0. The summed E-state index contributed by atoms with van der Waals surface area (Å²) in [5.74, 6) is 1.17. The van der Waals surface area contributed by atoms with Gasteiger partial charge in [0.05, 0.1) is 10.6 Å². The third kappa shape index (κ3) is 3.91. The zero-order chi connectivity index (χ0) is 15.6. The number of rotatable bonds is 5. The van der Waals surface area contributed by atoms with Gasteiger partial charge < -0.3 is 4.74 Å². The molecular weight excluding hydrogens is 282 g/mol. The quantitative estimate of drug-likeness (QED) is 0.754. The fourth-order valence-corrected chi connectivity index (χ4v) is 3.27. The summed E-state index contributed by atoms with van der Waals surface area (Å²) in [4.78, 5) is 17.0. The number of carbonyl (C=O) groups excluding carboxylic acids is 1. The molecule has 4 heteroatoms. The van der Waals surface area contributed by atoms with Crippen LogP contribution in [0.4, 0.5) is 0 Å². The van der Waals surface area contributed by atoms with Crippen molar-refractivity contribution in [3.63, 3.8) is 0 Å². The third-order valence-corrected chi connectivity index (χ3v) is 4.27. The number of carbonyl (C=O) groups is 1. The molecular formula is C17H21NO2S. The second-order valence-corrected chi connectivity index (χ2v) is 6.73. The van der Waals surface area contributed by atoms with Crippen molar-refractivity contribution in [3.8, 4) is 5.75 Å². The minimum atomic E-state index is 0.0776. The van der Waals surface area contributed by atoms with Crippen molar-refractivity contribution in [2.24, 2.45) is 0 Å². The zero-order valence-electron chi connectivity index (χ0n) is 13.2. The van der Waals surface area contributed by atoms with E-state index in [-0.39, 0.29) is 11.7 Å². The summed E-state index contributed by atoms with van der Waals surface area (Å²) in [6.45, 7) is 10.2. The standard InChI is InChI=1S/C17H21NO2S/c1-10(2)16-17(13(5)19)21-15(18-16)9-20-14-7-11(3)6-12(4)8-14/h6-8,10H,9H2,1-5H3. The molecule has 0 amide bonds. The highest BCUT2D eigenvalue weighted by Crippen LogP contribution is 2.27. The van der Waals surface area contributed by atoms with E-state index in [0.717, 1.165) is 21.3 Å². The van der Waals surface area contributed by atoms with Crippen LogP contribution in [0.1, 0.15) is 58.2 Å². The van der Waals surface area contributed by atoms with E-state index < -0.39 is 0 Å². The molecule has 0 aliphatic heterocycles. The Morgan fingerprint density at radius 1 is 1.24 bits per heavy atom. The van der Waals surface area contributed by atoms with Crippen molar-refractivity contribution in [1.82, 2.24) is 4.98 Å². The molecule has 0 bridgehead atoms. The monoisotopic (exact) mass is 303 g/mol. The molecule has 2 rings (SSSR count). The van der Waals surface area contributed by atoms with Crippen LogP contribution in [0.25, 0.3) is 0 Å². The van der Waals surface area contributed by atoms with E-state index in [0.29, 0.717) is 6.61 Å². The predicted octanol–water partition coefficient (Wildman–Crippen LogP) is 4.66. The lowest BCUT2D eigenvalue weighted by Gasteiger charge is -2.06. The molecule has 0 fully saturated rings.